The highest BCUT2D eigenvalue weighted by atomic mass is 15.3. The molecule has 2 saturated heterocycles. The van der Waals surface area contributed by atoms with Crippen LogP contribution in [0.5, 0.6) is 0 Å². The van der Waals surface area contributed by atoms with E-state index in [9.17, 15) is 0 Å². The maximum atomic E-state index is 4.81. The summed E-state index contributed by atoms with van der Waals surface area (Å²) in [6, 6.07) is 10.8. The highest BCUT2D eigenvalue weighted by Crippen LogP contribution is 2.22. The third-order valence-electron chi connectivity index (χ3n) is 4.99. The average Bonchev–Trinajstić information content (AvgIpc) is 3.17. The molecular weight excluding hydrogens is 298 g/mol. The highest BCUT2D eigenvalue weighted by molar-refractivity contribution is 5.51. The third kappa shape index (κ3) is 3.16. The van der Waals surface area contributed by atoms with Crippen molar-refractivity contribution >= 4 is 17.5 Å². The molecule has 24 heavy (non-hydrogen) atoms. The minimum absolute atomic E-state index is 0.895. The van der Waals surface area contributed by atoms with Crippen molar-refractivity contribution in [1.82, 2.24) is 9.97 Å². The van der Waals surface area contributed by atoms with E-state index in [2.05, 4.69) is 50.9 Å². The van der Waals surface area contributed by atoms with E-state index < -0.39 is 0 Å². The van der Waals surface area contributed by atoms with E-state index in [0.717, 1.165) is 51.0 Å². The van der Waals surface area contributed by atoms with E-state index in [4.69, 9.17) is 4.98 Å². The van der Waals surface area contributed by atoms with Gasteiger partial charge in [-0.1, -0.05) is 12.1 Å². The molecule has 0 spiro atoms. The molecule has 126 valence electrons. The van der Waals surface area contributed by atoms with Crippen LogP contribution in [0.1, 0.15) is 18.4 Å². The van der Waals surface area contributed by atoms with Gasteiger partial charge in [-0.15, -0.1) is 0 Å². The Balaban J connectivity index is 1.43. The maximum absolute atomic E-state index is 4.81. The van der Waals surface area contributed by atoms with Crippen molar-refractivity contribution in [3.63, 3.8) is 0 Å². The van der Waals surface area contributed by atoms with Crippen molar-refractivity contribution in [3.8, 4) is 0 Å². The Labute approximate surface area is 143 Å². The predicted octanol–water partition coefficient (Wildman–Crippen LogP) is 2.71. The number of aryl methyl sites for hydroxylation is 1. The Morgan fingerprint density at radius 2 is 1.58 bits per heavy atom. The van der Waals surface area contributed by atoms with E-state index >= 15 is 0 Å². The largest absolute Gasteiger partial charge is 0.368 e. The van der Waals surface area contributed by atoms with Crippen LogP contribution in [-0.4, -0.2) is 49.2 Å². The summed E-state index contributed by atoms with van der Waals surface area (Å²) in [6.07, 6.45) is 4.41. The molecule has 4 rings (SSSR count). The van der Waals surface area contributed by atoms with E-state index in [-0.39, 0.29) is 0 Å². The number of hydrogen-bond acceptors (Lipinski definition) is 5. The SMILES string of the molecule is Cc1cccc(N2CCN(c3ccnc(N4CCCC4)n3)CC2)c1. The Morgan fingerprint density at radius 3 is 2.33 bits per heavy atom. The van der Waals surface area contributed by atoms with E-state index in [1.165, 1.54) is 24.1 Å². The van der Waals surface area contributed by atoms with Crippen LogP contribution in [0.15, 0.2) is 36.5 Å². The number of hydrogen-bond donors (Lipinski definition) is 0. The molecule has 0 radical (unpaired) electrons. The molecule has 0 atom stereocenters. The summed E-state index contributed by atoms with van der Waals surface area (Å²) in [4.78, 5) is 16.4. The Hall–Kier alpha value is -2.30. The molecule has 1 aromatic heterocycles. The van der Waals surface area contributed by atoms with Gasteiger partial charge in [0.25, 0.3) is 0 Å². The fourth-order valence-corrected chi connectivity index (χ4v) is 3.60. The number of anilines is 3. The normalized spacial score (nSPS) is 18.3. The van der Waals surface area contributed by atoms with Crippen LogP contribution in [0, 0.1) is 6.92 Å². The fraction of sp³-hybridized carbons (Fsp3) is 0.474. The van der Waals surface area contributed by atoms with Crippen molar-refractivity contribution in [2.45, 2.75) is 19.8 Å². The first kappa shape index (κ1) is 15.2. The lowest BCUT2D eigenvalue weighted by atomic mass is 10.2. The topological polar surface area (TPSA) is 35.5 Å². The smallest absolute Gasteiger partial charge is 0.227 e. The van der Waals surface area contributed by atoms with Crippen molar-refractivity contribution in [1.29, 1.82) is 0 Å². The van der Waals surface area contributed by atoms with Crippen molar-refractivity contribution < 1.29 is 0 Å². The lowest BCUT2D eigenvalue weighted by Crippen LogP contribution is -2.47. The lowest BCUT2D eigenvalue weighted by molar-refractivity contribution is 0.646. The molecule has 2 aromatic rings. The molecular formula is C19H25N5. The van der Waals surface area contributed by atoms with Gasteiger partial charge >= 0.3 is 0 Å². The molecule has 5 nitrogen and oxygen atoms in total. The monoisotopic (exact) mass is 323 g/mol. The quantitative estimate of drug-likeness (QED) is 0.868. The van der Waals surface area contributed by atoms with Crippen LogP contribution in [0.2, 0.25) is 0 Å². The van der Waals surface area contributed by atoms with Crippen LogP contribution >= 0.6 is 0 Å². The zero-order valence-electron chi connectivity index (χ0n) is 14.4. The van der Waals surface area contributed by atoms with Gasteiger partial charge in [-0.3, -0.25) is 0 Å². The number of aromatic nitrogens is 2. The highest BCUT2D eigenvalue weighted by Gasteiger charge is 2.20. The average molecular weight is 323 g/mol. The second-order valence-corrected chi connectivity index (χ2v) is 6.72. The molecule has 0 saturated carbocycles. The van der Waals surface area contributed by atoms with Gasteiger partial charge < -0.3 is 14.7 Å². The van der Waals surface area contributed by atoms with Crippen LogP contribution in [0.25, 0.3) is 0 Å². The number of nitrogens with zero attached hydrogens (tertiary/aromatic N) is 5. The third-order valence-corrected chi connectivity index (χ3v) is 4.99. The number of rotatable bonds is 3. The first-order chi connectivity index (χ1) is 11.8. The predicted molar refractivity (Wildman–Crippen MR) is 99.1 cm³/mol. The summed E-state index contributed by atoms with van der Waals surface area (Å²) in [7, 11) is 0. The van der Waals surface area contributed by atoms with Crippen molar-refractivity contribution in [2.24, 2.45) is 0 Å². The van der Waals surface area contributed by atoms with Gasteiger partial charge in [0.1, 0.15) is 5.82 Å². The van der Waals surface area contributed by atoms with E-state index in [1.807, 2.05) is 12.3 Å². The molecule has 0 unspecified atom stereocenters. The second-order valence-electron chi connectivity index (χ2n) is 6.72. The van der Waals surface area contributed by atoms with Crippen LogP contribution in [0.3, 0.4) is 0 Å². The van der Waals surface area contributed by atoms with Crippen molar-refractivity contribution in [3.05, 3.63) is 42.1 Å². The van der Waals surface area contributed by atoms with E-state index in [0.29, 0.717) is 0 Å². The van der Waals surface area contributed by atoms with Crippen LogP contribution in [-0.2, 0) is 0 Å². The Morgan fingerprint density at radius 1 is 0.833 bits per heavy atom. The van der Waals surface area contributed by atoms with Crippen molar-refractivity contribution in [2.75, 3.05) is 54.0 Å². The zero-order valence-corrected chi connectivity index (χ0v) is 14.4. The second kappa shape index (κ2) is 6.67. The Kier molecular flexibility index (Phi) is 4.24. The Bertz CT molecular complexity index is 688. The van der Waals surface area contributed by atoms with Gasteiger partial charge in [0.15, 0.2) is 0 Å². The lowest BCUT2D eigenvalue weighted by Gasteiger charge is -2.37. The summed E-state index contributed by atoms with van der Waals surface area (Å²) < 4.78 is 0. The fourth-order valence-electron chi connectivity index (χ4n) is 3.60. The van der Waals surface area contributed by atoms with Crippen LogP contribution < -0.4 is 14.7 Å². The molecule has 0 aliphatic carbocycles. The number of benzene rings is 1. The maximum Gasteiger partial charge on any atom is 0.227 e. The summed E-state index contributed by atoms with van der Waals surface area (Å²) in [5.74, 6) is 1.96. The van der Waals surface area contributed by atoms with Gasteiger partial charge in [-0.2, -0.15) is 4.98 Å². The summed E-state index contributed by atoms with van der Waals surface area (Å²) in [5, 5.41) is 0. The summed E-state index contributed by atoms with van der Waals surface area (Å²) >= 11 is 0. The van der Waals surface area contributed by atoms with Gasteiger partial charge in [0.05, 0.1) is 0 Å². The molecule has 5 heteroatoms. The molecule has 2 aliphatic heterocycles. The van der Waals surface area contributed by atoms with Crippen LogP contribution in [0.4, 0.5) is 17.5 Å². The standard InChI is InChI=1S/C19H25N5/c1-16-5-4-6-17(15-16)22-11-13-23(14-12-22)18-7-8-20-19(21-18)24-9-2-3-10-24/h4-8,15H,2-3,9-14H2,1H3. The van der Waals surface area contributed by atoms with Gasteiger partial charge in [0, 0.05) is 51.2 Å². The molecule has 0 bridgehead atoms. The molecule has 0 N–H and O–H groups in total. The molecule has 3 heterocycles. The molecule has 2 fully saturated rings. The molecule has 2 aliphatic rings. The van der Waals surface area contributed by atoms with Gasteiger partial charge in [-0.25, -0.2) is 4.98 Å². The minimum Gasteiger partial charge on any atom is -0.368 e. The van der Waals surface area contributed by atoms with Gasteiger partial charge in [0.2, 0.25) is 5.95 Å². The minimum atomic E-state index is 0.895. The number of piperazine rings is 1. The first-order valence-corrected chi connectivity index (χ1v) is 8.94. The first-order valence-electron chi connectivity index (χ1n) is 8.94. The summed E-state index contributed by atoms with van der Waals surface area (Å²) in [5.41, 5.74) is 2.65. The summed E-state index contributed by atoms with van der Waals surface area (Å²) in [6.45, 7) is 8.41. The zero-order chi connectivity index (χ0) is 16.4. The molecule has 1 aromatic carbocycles. The van der Waals surface area contributed by atoms with E-state index in [1.54, 1.807) is 0 Å². The van der Waals surface area contributed by atoms with Gasteiger partial charge in [-0.05, 0) is 43.5 Å². The molecule has 0 amide bonds.